The van der Waals surface area contributed by atoms with E-state index in [1.165, 1.54) is 0 Å². The van der Waals surface area contributed by atoms with Crippen molar-refractivity contribution in [3.63, 3.8) is 0 Å². The molecule has 0 unspecified atom stereocenters. The minimum absolute atomic E-state index is 0.0834. The van der Waals surface area contributed by atoms with E-state index in [1.807, 2.05) is 50.2 Å². The van der Waals surface area contributed by atoms with Crippen molar-refractivity contribution in [1.29, 1.82) is 0 Å². The monoisotopic (exact) mass is 355 g/mol. The van der Waals surface area contributed by atoms with Gasteiger partial charge in [-0.1, -0.05) is 42.5 Å². The van der Waals surface area contributed by atoms with E-state index in [0.717, 1.165) is 11.1 Å². The third-order valence-electron chi connectivity index (χ3n) is 4.06. The lowest BCUT2D eigenvalue weighted by atomic mass is 9.93. The first-order valence-electron chi connectivity index (χ1n) is 8.61. The predicted octanol–water partition coefficient (Wildman–Crippen LogP) is 3.29. The van der Waals surface area contributed by atoms with Crippen molar-refractivity contribution >= 4 is 11.9 Å². The van der Waals surface area contributed by atoms with Crippen molar-refractivity contribution in [1.82, 2.24) is 5.32 Å². The van der Waals surface area contributed by atoms with Crippen LogP contribution in [0.25, 0.3) is 0 Å². The summed E-state index contributed by atoms with van der Waals surface area (Å²) in [6.07, 6.45) is 0.577. The number of carboxylic acids is 1. The van der Waals surface area contributed by atoms with Crippen molar-refractivity contribution < 1.29 is 19.4 Å². The summed E-state index contributed by atoms with van der Waals surface area (Å²) in [6.45, 7) is 4.93. The maximum atomic E-state index is 12.4. The van der Waals surface area contributed by atoms with Crippen LogP contribution in [0.5, 0.6) is 0 Å². The molecule has 0 aliphatic heterocycles. The van der Waals surface area contributed by atoms with Gasteiger partial charge in [0.1, 0.15) is 0 Å². The first-order chi connectivity index (χ1) is 12.4. The third kappa shape index (κ3) is 6.01. The number of aromatic carboxylic acids is 1. The summed E-state index contributed by atoms with van der Waals surface area (Å²) < 4.78 is 5.69. The van der Waals surface area contributed by atoms with Crippen LogP contribution in [0.4, 0.5) is 0 Å². The highest BCUT2D eigenvalue weighted by Crippen LogP contribution is 2.17. The molecule has 0 aromatic heterocycles. The Morgan fingerprint density at radius 2 is 1.73 bits per heavy atom. The van der Waals surface area contributed by atoms with E-state index in [9.17, 15) is 9.59 Å². The molecule has 0 saturated heterocycles. The number of ether oxygens (including phenoxy) is 1. The number of rotatable bonds is 9. The second-order valence-electron chi connectivity index (χ2n) is 6.87. The molecule has 2 aromatic rings. The minimum atomic E-state index is -0.951. The molecule has 0 bridgehead atoms. The van der Waals surface area contributed by atoms with E-state index >= 15 is 0 Å². The topological polar surface area (TPSA) is 75.6 Å². The molecule has 0 saturated carbocycles. The average molecular weight is 355 g/mol. The van der Waals surface area contributed by atoms with Crippen LogP contribution < -0.4 is 5.32 Å². The quantitative estimate of drug-likeness (QED) is 0.724. The Morgan fingerprint density at radius 3 is 2.42 bits per heavy atom. The molecule has 0 aliphatic carbocycles. The fraction of sp³-hybridized carbons (Fsp3) is 0.333. The zero-order valence-electron chi connectivity index (χ0n) is 15.2. The first kappa shape index (κ1) is 19.7. The van der Waals surface area contributed by atoms with Crippen molar-refractivity contribution in [2.45, 2.75) is 26.9 Å². The van der Waals surface area contributed by atoms with Crippen LogP contribution >= 0.6 is 0 Å². The number of carboxylic acid groups (broad SMARTS) is 1. The molecule has 2 rings (SSSR count). The number of amides is 1. The van der Waals surface area contributed by atoms with E-state index < -0.39 is 11.4 Å². The molecule has 0 heterocycles. The van der Waals surface area contributed by atoms with Gasteiger partial charge in [0.25, 0.3) is 0 Å². The Morgan fingerprint density at radius 1 is 1.04 bits per heavy atom. The molecule has 2 N–H and O–H groups in total. The second kappa shape index (κ2) is 9.15. The molecule has 5 nitrogen and oxygen atoms in total. The first-order valence-corrected chi connectivity index (χ1v) is 8.61. The van der Waals surface area contributed by atoms with E-state index in [-0.39, 0.29) is 11.5 Å². The van der Waals surface area contributed by atoms with Gasteiger partial charge in [-0.15, -0.1) is 0 Å². The van der Waals surface area contributed by atoms with Crippen LogP contribution in [0.1, 0.15) is 35.3 Å². The molecule has 0 spiro atoms. The number of carbonyl (C=O) groups excluding carboxylic acids is 1. The number of nitrogens with one attached hydrogen (secondary N) is 1. The standard InChI is InChI=1S/C21H25NO4/c1-21(2,15-26-14-17-7-4-3-5-8-17)20(25)22-12-11-16-9-6-10-18(13-16)19(23)24/h3-10,13H,11-12,14-15H2,1-2H3,(H,22,25)(H,23,24). The normalized spacial score (nSPS) is 11.2. The van der Waals surface area contributed by atoms with Crippen molar-refractivity contribution in [3.05, 3.63) is 71.3 Å². The molecule has 0 aliphatic rings. The summed E-state index contributed by atoms with van der Waals surface area (Å²) in [4.78, 5) is 23.4. The lowest BCUT2D eigenvalue weighted by Crippen LogP contribution is -2.40. The number of carbonyl (C=O) groups is 2. The smallest absolute Gasteiger partial charge is 0.335 e. The van der Waals surface area contributed by atoms with Gasteiger partial charge >= 0.3 is 5.97 Å². The summed E-state index contributed by atoms with van der Waals surface area (Å²) in [7, 11) is 0. The van der Waals surface area contributed by atoms with Crippen LogP contribution in [0.15, 0.2) is 54.6 Å². The van der Waals surface area contributed by atoms with Gasteiger partial charge in [0, 0.05) is 6.54 Å². The zero-order valence-corrected chi connectivity index (χ0v) is 15.2. The molecule has 138 valence electrons. The van der Waals surface area contributed by atoms with Gasteiger partial charge in [-0.25, -0.2) is 4.79 Å². The highest BCUT2D eigenvalue weighted by Gasteiger charge is 2.27. The molecular formula is C21H25NO4. The maximum Gasteiger partial charge on any atom is 0.335 e. The molecular weight excluding hydrogens is 330 g/mol. The fourth-order valence-corrected chi connectivity index (χ4v) is 2.48. The van der Waals surface area contributed by atoms with E-state index in [0.29, 0.717) is 26.2 Å². The zero-order chi connectivity index (χ0) is 19.0. The van der Waals surface area contributed by atoms with Crippen molar-refractivity contribution in [3.8, 4) is 0 Å². The summed E-state index contributed by atoms with van der Waals surface area (Å²) >= 11 is 0. The highest BCUT2D eigenvalue weighted by atomic mass is 16.5. The van der Waals surface area contributed by atoms with E-state index in [4.69, 9.17) is 9.84 Å². The second-order valence-corrected chi connectivity index (χ2v) is 6.87. The summed E-state index contributed by atoms with van der Waals surface area (Å²) in [5.74, 6) is -1.03. The number of benzene rings is 2. The van der Waals surface area contributed by atoms with Crippen molar-refractivity contribution in [2.24, 2.45) is 5.41 Å². The third-order valence-corrected chi connectivity index (χ3v) is 4.06. The maximum absolute atomic E-state index is 12.4. The van der Waals surface area contributed by atoms with Gasteiger partial charge in [-0.2, -0.15) is 0 Å². The van der Waals surface area contributed by atoms with Crippen LogP contribution in [-0.2, 0) is 22.6 Å². The molecule has 26 heavy (non-hydrogen) atoms. The highest BCUT2D eigenvalue weighted by molar-refractivity contribution is 5.87. The van der Waals surface area contributed by atoms with Gasteiger partial charge in [0.2, 0.25) is 5.91 Å². The van der Waals surface area contributed by atoms with E-state index in [2.05, 4.69) is 5.32 Å². The lowest BCUT2D eigenvalue weighted by molar-refractivity contribution is -0.132. The van der Waals surface area contributed by atoms with Gasteiger partial charge < -0.3 is 15.2 Å². The van der Waals surface area contributed by atoms with Crippen LogP contribution in [0.3, 0.4) is 0 Å². The average Bonchev–Trinajstić information content (AvgIpc) is 2.62. The summed E-state index contributed by atoms with van der Waals surface area (Å²) in [5.41, 5.74) is 1.56. The van der Waals surface area contributed by atoms with Gasteiger partial charge in [0.05, 0.1) is 24.2 Å². The van der Waals surface area contributed by atoms with Crippen LogP contribution in [0.2, 0.25) is 0 Å². The fourth-order valence-electron chi connectivity index (χ4n) is 2.48. The van der Waals surface area contributed by atoms with E-state index in [1.54, 1.807) is 18.2 Å². The SMILES string of the molecule is CC(C)(COCc1ccccc1)C(=O)NCCc1cccc(C(=O)O)c1. The lowest BCUT2D eigenvalue weighted by Gasteiger charge is -2.23. The Kier molecular flexibility index (Phi) is 6.92. The number of hydrogen-bond donors (Lipinski definition) is 2. The van der Waals surface area contributed by atoms with Crippen LogP contribution in [0, 0.1) is 5.41 Å². The molecule has 5 heteroatoms. The summed E-state index contributed by atoms with van der Waals surface area (Å²) in [5, 5.41) is 11.9. The Bertz CT molecular complexity index is 741. The predicted molar refractivity (Wildman–Crippen MR) is 100.0 cm³/mol. The van der Waals surface area contributed by atoms with Gasteiger partial charge in [0.15, 0.2) is 0 Å². The van der Waals surface area contributed by atoms with Crippen LogP contribution in [-0.4, -0.2) is 30.1 Å². The minimum Gasteiger partial charge on any atom is -0.478 e. The molecule has 0 atom stereocenters. The molecule has 0 fully saturated rings. The van der Waals surface area contributed by atoms with Gasteiger partial charge in [-0.3, -0.25) is 4.79 Å². The van der Waals surface area contributed by atoms with Gasteiger partial charge in [-0.05, 0) is 43.5 Å². The molecule has 1 amide bonds. The molecule has 2 aromatic carbocycles. The Labute approximate surface area is 154 Å². The Hall–Kier alpha value is -2.66. The molecule has 0 radical (unpaired) electrons. The number of hydrogen-bond acceptors (Lipinski definition) is 3. The van der Waals surface area contributed by atoms with Crippen molar-refractivity contribution in [2.75, 3.05) is 13.2 Å². The largest absolute Gasteiger partial charge is 0.478 e. The Balaban J connectivity index is 1.76. The summed E-state index contributed by atoms with van der Waals surface area (Å²) in [6, 6.07) is 16.6.